The van der Waals surface area contributed by atoms with E-state index in [1.54, 1.807) is 55.5 Å². The Morgan fingerprint density at radius 2 is 1.61 bits per heavy atom. The standard InChI is InChI=1S/C25H18Cl2N2O4/c1-15-20(26)7-4-8-22(15)29-24(31)19(23(30)28-25(29)32)13-16-9-11-18(12-10-16)33-14-17-5-2-3-6-21(17)27/h2-13H,14H2,1H3,(H,28,30,32)/b19-13+. The average Bonchev–Trinajstić information content (AvgIpc) is 2.79. The molecule has 0 atom stereocenters. The molecule has 0 saturated carbocycles. The van der Waals surface area contributed by atoms with Crippen LogP contribution in [0.25, 0.3) is 6.08 Å². The third-order valence-electron chi connectivity index (χ3n) is 5.12. The fourth-order valence-electron chi connectivity index (χ4n) is 3.32. The summed E-state index contributed by atoms with van der Waals surface area (Å²) in [6, 6.07) is 18.3. The number of barbiturate groups is 1. The predicted octanol–water partition coefficient (Wildman–Crippen LogP) is 5.55. The summed E-state index contributed by atoms with van der Waals surface area (Å²) >= 11 is 12.3. The summed E-state index contributed by atoms with van der Waals surface area (Å²) in [4.78, 5) is 38.8. The Morgan fingerprint density at radius 3 is 2.33 bits per heavy atom. The number of anilines is 1. The minimum atomic E-state index is -0.823. The first-order valence-corrected chi connectivity index (χ1v) is 10.7. The van der Waals surface area contributed by atoms with Crippen molar-refractivity contribution in [1.29, 1.82) is 0 Å². The lowest BCUT2D eigenvalue weighted by Gasteiger charge is -2.27. The molecule has 1 fully saturated rings. The smallest absolute Gasteiger partial charge is 0.335 e. The molecule has 8 heteroatoms. The summed E-state index contributed by atoms with van der Waals surface area (Å²) in [5.74, 6) is -0.893. The molecule has 0 aliphatic carbocycles. The van der Waals surface area contributed by atoms with Crippen LogP contribution >= 0.6 is 23.2 Å². The molecule has 1 aliphatic rings. The lowest BCUT2D eigenvalue weighted by atomic mass is 10.1. The van der Waals surface area contributed by atoms with Gasteiger partial charge in [-0.3, -0.25) is 14.9 Å². The second-order valence-electron chi connectivity index (χ2n) is 7.29. The number of halogens is 2. The van der Waals surface area contributed by atoms with E-state index in [1.807, 2.05) is 18.2 Å². The fraction of sp³-hybridized carbons (Fsp3) is 0.0800. The zero-order chi connectivity index (χ0) is 23.5. The average molecular weight is 481 g/mol. The van der Waals surface area contributed by atoms with E-state index in [1.165, 1.54) is 6.08 Å². The second kappa shape index (κ2) is 9.48. The Hall–Kier alpha value is -3.61. The number of carbonyl (C=O) groups excluding carboxylic acids is 3. The van der Waals surface area contributed by atoms with Crippen LogP contribution in [-0.2, 0) is 16.2 Å². The van der Waals surface area contributed by atoms with Gasteiger partial charge in [-0.05, 0) is 54.5 Å². The van der Waals surface area contributed by atoms with Crippen LogP contribution < -0.4 is 15.0 Å². The lowest BCUT2D eigenvalue weighted by Crippen LogP contribution is -2.54. The molecule has 1 saturated heterocycles. The molecule has 0 spiro atoms. The van der Waals surface area contributed by atoms with Crippen molar-refractivity contribution in [3.05, 3.63) is 99.0 Å². The van der Waals surface area contributed by atoms with Crippen LogP contribution in [0.15, 0.2) is 72.3 Å². The molecule has 6 nitrogen and oxygen atoms in total. The number of urea groups is 1. The van der Waals surface area contributed by atoms with Crippen LogP contribution in [0.2, 0.25) is 10.0 Å². The van der Waals surface area contributed by atoms with Crippen molar-refractivity contribution in [3.63, 3.8) is 0 Å². The number of rotatable bonds is 5. The van der Waals surface area contributed by atoms with Gasteiger partial charge < -0.3 is 4.74 Å². The lowest BCUT2D eigenvalue weighted by molar-refractivity contribution is -0.122. The van der Waals surface area contributed by atoms with Gasteiger partial charge in [-0.2, -0.15) is 0 Å². The molecule has 0 radical (unpaired) electrons. The van der Waals surface area contributed by atoms with Crippen molar-refractivity contribution in [2.75, 3.05) is 4.90 Å². The van der Waals surface area contributed by atoms with E-state index in [2.05, 4.69) is 5.32 Å². The largest absolute Gasteiger partial charge is 0.489 e. The molecular weight excluding hydrogens is 463 g/mol. The molecule has 1 N–H and O–H groups in total. The number of hydrogen-bond donors (Lipinski definition) is 1. The molecular formula is C25H18Cl2N2O4. The zero-order valence-electron chi connectivity index (χ0n) is 17.5. The van der Waals surface area contributed by atoms with Crippen molar-refractivity contribution in [2.24, 2.45) is 0 Å². The van der Waals surface area contributed by atoms with E-state index in [4.69, 9.17) is 27.9 Å². The molecule has 33 heavy (non-hydrogen) atoms. The van der Waals surface area contributed by atoms with Gasteiger partial charge in [0.2, 0.25) is 0 Å². The molecule has 4 rings (SSSR count). The van der Waals surface area contributed by atoms with E-state index in [0.29, 0.717) is 39.2 Å². The maximum atomic E-state index is 13.1. The van der Waals surface area contributed by atoms with Crippen molar-refractivity contribution in [3.8, 4) is 5.75 Å². The van der Waals surface area contributed by atoms with Crippen LogP contribution in [-0.4, -0.2) is 17.8 Å². The van der Waals surface area contributed by atoms with Crippen molar-refractivity contribution >= 4 is 52.8 Å². The Labute approximate surface area is 200 Å². The van der Waals surface area contributed by atoms with Crippen LogP contribution in [0.1, 0.15) is 16.7 Å². The summed E-state index contributed by atoms with van der Waals surface area (Å²) in [6.45, 7) is 2.00. The highest BCUT2D eigenvalue weighted by atomic mass is 35.5. The SMILES string of the molecule is Cc1c(Cl)cccc1N1C(=O)NC(=O)/C(=C\c2ccc(OCc3ccccc3Cl)cc2)C1=O. The molecule has 0 unspecified atom stereocenters. The number of ether oxygens (including phenoxy) is 1. The third-order valence-corrected chi connectivity index (χ3v) is 5.90. The first kappa shape index (κ1) is 22.6. The molecule has 3 aromatic carbocycles. The highest BCUT2D eigenvalue weighted by molar-refractivity contribution is 6.40. The Morgan fingerprint density at radius 1 is 0.909 bits per heavy atom. The van der Waals surface area contributed by atoms with Gasteiger partial charge in [-0.25, -0.2) is 9.69 Å². The highest BCUT2D eigenvalue weighted by Gasteiger charge is 2.37. The molecule has 1 aliphatic heterocycles. The molecule has 1 heterocycles. The van der Waals surface area contributed by atoms with Crippen LogP contribution in [0.4, 0.5) is 10.5 Å². The maximum Gasteiger partial charge on any atom is 0.335 e. The van der Waals surface area contributed by atoms with Crippen LogP contribution in [0, 0.1) is 6.92 Å². The first-order chi connectivity index (χ1) is 15.8. The normalized spacial score (nSPS) is 15.1. The Balaban J connectivity index is 1.55. The maximum absolute atomic E-state index is 13.1. The van der Waals surface area contributed by atoms with Crippen molar-refractivity contribution < 1.29 is 19.1 Å². The number of imide groups is 2. The van der Waals surface area contributed by atoms with Gasteiger partial charge in [-0.1, -0.05) is 59.6 Å². The minimum absolute atomic E-state index is 0.168. The fourth-order valence-corrected chi connectivity index (χ4v) is 3.68. The third kappa shape index (κ3) is 4.77. The van der Waals surface area contributed by atoms with Gasteiger partial charge in [0.1, 0.15) is 17.9 Å². The number of nitrogens with one attached hydrogen (secondary N) is 1. The highest BCUT2D eigenvalue weighted by Crippen LogP contribution is 2.29. The van der Waals surface area contributed by atoms with Crippen molar-refractivity contribution in [2.45, 2.75) is 13.5 Å². The van der Waals surface area contributed by atoms with E-state index in [-0.39, 0.29) is 5.57 Å². The quantitative estimate of drug-likeness (QED) is 0.383. The molecule has 4 amide bonds. The number of hydrogen-bond acceptors (Lipinski definition) is 4. The number of amides is 4. The summed E-state index contributed by atoms with van der Waals surface area (Å²) < 4.78 is 5.76. The first-order valence-electron chi connectivity index (χ1n) is 9.98. The summed E-state index contributed by atoms with van der Waals surface area (Å²) in [6.07, 6.45) is 1.43. The Kier molecular flexibility index (Phi) is 6.49. The van der Waals surface area contributed by atoms with Gasteiger partial charge in [0.25, 0.3) is 11.8 Å². The van der Waals surface area contributed by atoms with Crippen molar-refractivity contribution in [1.82, 2.24) is 5.32 Å². The summed E-state index contributed by atoms with van der Waals surface area (Å²) in [5.41, 5.74) is 2.15. The van der Waals surface area contributed by atoms with E-state index in [9.17, 15) is 14.4 Å². The number of nitrogens with zero attached hydrogens (tertiary/aromatic N) is 1. The minimum Gasteiger partial charge on any atom is -0.489 e. The second-order valence-corrected chi connectivity index (χ2v) is 8.11. The van der Waals surface area contributed by atoms with E-state index < -0.39 is 17.8 Å². The Bertz CT molecular complexity index is 1290. The molecule has 0 bridgehead atoms. The van der Waals surface area contributed by atoms with Gasteiger partial charge in [0.15, 0.2) is 0 Å². The van der Waals surface area contributed by atoms with Gasteiger partial charge in [-0.15, -0.1) is 0 Å². The number of benzene rings is 3. The number of carbonyl (C=O) groups is 3. The molecule has 0 aromatic heterocycles. The van der Waals surface area contributed by atoms with Crippen LogP contribution in [0.5, 0.6) is 5.75 Å². The summed E-state index contributed by atoms with van der Waals surface area (Å²) in [7, 11) is 0. The molecule has 3 aromatic rings. The topological polar surface area (TPSA) is 75.7 Å². The van der Waals surface area contributed by atoms with E-state index >= 15 is 0 Å². The molecule has 166 valence electrons. The van der Waals surface area contributed by atoms with Gasteiger partial charge in [0.05, 0.1) is 5.69 Å². The van der Waals surface area contributed by atoms with Gasteiger partial charge in [0, 0.05) is 15.6 Å². The summed E-state index contributed by atoms with van der Waals surface area (Å²) in [5, 5.41) is 3.23. The van der Waals surface area contributed by atoms with Crippen LogP contribution in [0.3, 0.4) is 0 Å². The zero-order valence-corrected chi connectivity index (χ0v) is 19.0. The van der Waals surface area contributed by atoms with E-state index in [0.717, 1.165) is 10.5 Å². The monoisotopic (exact) mass is 480 g/mol. The van der Waals surface area contributed by atoms with Gasteiger partial charge >= 0.3 is 6.03 Å². The predicted molar refractivity (Wildman–Crippen MR) is 127 cm³/mol.